The van der Waals surface area contributed by atoms with Crippen LogP contribution in [-0.4, -0.2) is 25.2 Å². The number of hydrogen-bond donors (Lipinski definition) is 2. The summed E-state index contributed by atoms with van der Waals surface area (Å²) in [6.07, 6.45) is -4.45. The first-order chi connectivity index (χ1) is 10.6. The maximum atomic E-state index is 13.3. The summed E-state index contributed by atoms with van der Waals surface area (Å²) in [4.78, 5) is 3.94. The summed E-state index contributed by atoms with van der Waals surface area (Å²) in [5, 5.41) is 5.80. The molecule has 130 valence electrons. The van der Waals surface area contributed by atoms with Crippen molar-refractivity contribution in [3.63, 3.8) is 0 Å². The zero-order valence-corrected chi connectivity index (χ0v) is 14.1. The third-order valence-corrected chi connectivity index (χ3v) is 2.82. The van der Waals surface area contributed by atoms with Crippen LogP contribution in [0.5, 0.6) is 5.75 Å². The second-order valence-corrected chi connectivity index (χ2v) is 5.99. The molecule has 2 N–H and O–H groups in total. The second-order valence-electron chi connectivity index (χ2n) is 5.99. The molecule has 1 rings (SSSR count). The quantitative estimate of drug-likeness (QED) is 0.655. The van der Waals surface area contributed by atoms with E-state index in [1.54, 1.807) is 33.9 Å². The van der Waals surface area contributed by atoms with Gasteiger partial charge in [0.25, 0.3) is 0 Å². The SMILES string of the molecule is CCNC(=NC)NCc1ccc(OC(C)(C)C)cc1C(F)(F)F. The number of hydrogen-bond acceptors (Lipinski definition) is 2. The predicted octanol–water partition coefficient (Wildman–Crippen LogP) is 3.57. The molecule has 0 atom stereocenters. The summed E-state index contributed by atoms with van der Waals surface area (Å²) in [7, 11) is 1.57. The maximum absolute atomic E-state index is 13.3. The zero-order chi connectivity index (χ0) is 17.7. The number of halogens is 3. The van der Waals surface area contributed by atoms with Gasteiger partial charge in [-0.25, -0.2) is 0 Å². The van der Waals surface area contributed by atoms with Crippen LogP contribution >= 0.6 is 0 Å². The van der Waals surface area contributed by atoms with Crippen molar-refractivity contribution in [1.82, 2.24) is 10.6 Å². The van der Waals surface area contributed by atoms with Crippen LogP contribution in [-0.2, 0) is 12.7 Å². The van der Waals surface area contributed by atoms with Gasteiger partial charge in [0.1, 0.15) is 11.4 Å². The van der Waals surface area contributed by atoms with Gasteiger partial charge < -0.3 is 15.4 Å². The highest BCUT2D eigenvalue weighted by Gasteiger charge is 2.34. The molecule has 0 bridgehead atoms. The highest BCUT2D eigenvalue weighted by atomic mass is 19.4. The number of rotatable bonds is 4. The Labute approximate surface area is 135 Å². The number of aliphatic imine (C=N–C) groups is 1. The predicted molar refractivity (Wildman–Crippen MR) is 85.7 cm³/mol. The summed E-state index contributed by atoms with van der Waals surface area (Å²) in [5.41, 5.74) is -1.13. The van der Waals surface area contributed by atoms with Gasteiger partial charge in [-0.2, -0.15) is 13.2 Å². The first-order valence-electron chi connectivity index (χ1n) is 7.40. The van der Waals surface area contributed by atoms with Crippen LogP contribution in [0.15, 0.2) is 23.2 Å². The Hall–Kier alpha value is -1.92. The molecule has 0 amide bonds. The number of nitrogens with zero attached hydrogens (tertiary/aromatic N) is 1. The molecule has 0 aromatic heterocycles. The number of benzene rings is 1. The van der Waals surface area contributed by atoms with Crippen LogP contribution in [0.2, 0.25) is 0 Å². The molecule has 1 aromatic rings. The minimum absolute atomic E-state index is 0.0182. The topological polar surface area (TPSA) is 45.7 Å². The molecule has 7 heteroatoms. The smallest absolute Gasteiger partial charge is 0.416 e. The largest absolute Gasteiger partial charge is 0.488 e. The fourth-order valence-corrected chi connectivity index (χ4v) is 1.96. The monoisotopic (exact) mass is 331 g/mol. The van der Waals surface area contributed by atoms with E-state index in [4.69, 9.17) is 4.74 Å². The van der Waals surface area contributed by atoms with Gasteiger partial charge in [0.05, 0.1) is 5.56 Å². The van der Waals surface area contributed by atoms with E-state index >= 15 is 0 Å². The van der Waals surface area contributed by atoms with Crippen molar-refractivity contribution in [2.45, 2.75) is 46.0 Å². The molecule has 4 nitrogen and oxygen atoms in total. The van der Waals surface area contributed by atoms with Crippen LogP contribution in [0.1, 0.15) is 38.8 Å². The van der Waals surface area contributed by atoms with Crippen molar-refractivity contribution in [3.05, 3.63) is 29.3 Å². The van der Waals surface area contributed by atoms with Gasteiger partial charge >= 0.3 is 6.18 Å². The third kappa shape index (κ3) is 6.38. The summed E-state index contributed by atoms with van der Waals surface area (Å²) >= 11 is 0. The molecule has 0 unspecified atom stereocenters. The van der Waals surface area contributed by atoms with Gasteiger partial charge in [0, 0.05) is 20.1 Å². The van der Waals surface area contributed by atoms with Crippen molar-refractivity contribution in [2.75, 3.05) is 13.6 Å². The summed E-state index contributed by atoms with van der Waals surface area (Å²) in [6, 6.07) is 4.02. The minimum Gasteiger partial charge on any atom is -0.488 e. The van der Waals surface area contributed by atoms with Gasteiger partial charge in [-0.15, -0.1) is 0 Å². The molecule has 23 heavy (non-hydrogen) atoms. The average molecular weight is 331 g/mol. The van der Waals surface area contributed by atoms with E-state index in [9.17, 15) is 13.2 Å². The lowest BCUT2D eigenvalue weighted by Crippen LogP contribution is -2.37. The Morgan fingerprint density at radius 3 is 2.30 bits per heavy atom. The molecular weight excluding hydrogens is 307 g/mol. The molecule has 0 aliphatic carbocycles. The van der Waals surface area contributed by atoms with Crippen LogP contribution in [0.4, 0.5) is 13.2 Å². The highest BCUT2D eigenvalue weighted by Crippen LogP contribution is 2.35. The molecular formula is C16H24F3N3O. The highest BCUT2D eigenvalue weighted by molar-refractivity contribution is 5.79. The summed E-state index contributed by atoms with van der Waals surface area (Å²) in [5.74, 6) is 0.653. The lowest BCUT2D eigenvalue weighted by molar-refractivity contribution is -0.138. The van der Waals surface area contributed by atoms with Crippen molar-refractivity contribution >= 4 is 5.96 Å². The third-order valence-electron chi connectivity index (χ3n) is 2.82. The van der Waals surface area contributed by atoms with Crippen LogP contribution < -0.4 is 15.4 Å². The molecule has 0 radical (unpaired) electrons. The van der Waals surface area contributed by atoms with Gasteiger partial charge in [-0.3, -0.25) is 4.99 Å². The van der Waals surface area contributed by atoms with E-state index in [0.717, 1.165) is 6.07 Å². The summed E-state index contributed by atoms with van der Waals surface area (Å²) in [6.45, 7) is 7.89. The molecule has 0 saturated heterocycles. The molecule has 0 aliphatic heterocycles. The van der Waals surface area contributed by atoms with E-state index in [-0.39, 0.29) is 17.9 Å². The molecule has 0 fully saturated rings. The summed E-state index contributed by atoms with van der Waals surface area (Å²) < 4.78 is 45.4. The molecule has 1 aromatic carbocycles. The van der Waals surface area contributed by atoms with Crippen molar-refractivity contribution < 1.29 is 17.9 Å². The lowest BCUT2D eigenvalue weighted by atomic mass is 10.1. The van der Waals surface area contributed by atoms with E-state index in [0.29, 0.717) is 12.5 Å². The Bertz CT molecular complexity index is 548. The number of nitrogens with one attached hydrogen (secondary N) is 2. The molecule has 0 heterocycles. The normalized spacial score (nSPS) is 13.0. The first kappa shape index (κ1) is 19.1. The fourth-order valence-electron chi connectivity index (χ4n) is 1.96. The van der Waals surface area contributed by atoms with Crippen LogP contribution in [0.25, 0.3) is 0 Å². The molecule has 0 aliphatic rings. The van der Waals surface area contributed by atoms with Crippen molar-refractivity contribution in [1.29, 1.82) is 0 Å². The Morgan fingerprint density at radius 1 is 1.17 bits per heavy atom. The Balaban J connectivity index is 3.03. The Kier molecular flexibility index (Phi) is 6.29. The van der Waals surface area contributed by atoms with Crippen LogP contribution in [0, 0.1) is 0 Å². The van der Waals surface area contributed by atoms with Gasteiger partial charge in [-0.05, 0) is 45.4 Å². The van der Waals surface area contributed by atoms with E-state index < -0.39 is 17.3 Å². The lowest BCUT2D eigenvalue weighted by Gasteiger charge is -2.23. The molecule has 0 spiro atoms. The zero-order valence-electron chi connectivity index (χ0n) is 14.1. The van der Waals surface area contributed by atoms with Gasteiger partial charge in [0.15, 0.2) is 5.96 Å². The average Bonchev–Trinajstić information content (AvgIpc) is 2.41. The number of ether oxygens (including phenoxy) is 1. The van der Waals surface area contributed by atoms with E-state index in [2.05, 4.69) is 15.6 Å². The van der Waals surface area contributed by atoms with Crippen molar-refractivity contribution in [2.24, 2.45) is 4.99 Å². The second kappa shape index (κ2) is 7.57. The number of guanidine groups is 1. The fraction of sp³-hybridized carbons (Fsp3) is 0.562. The van der Waals surface area contributed by atoms with E-state index in [1.807, 2.05) is 6.92 Å². The van der Waals surface area contributed by atoms with Gasteiger partial charge in [-0.1, -0.05) is 6.07 Å². The number of alkyl halides is 3. The maximum Gasteiger partial charge on any atom is 0.416 e. The first-order valence-corrected chi connectivity index (χ1v) is 7.40. The van der Waals surface area contributed by atoms with Crippen LogP contribution in [0.3, 0.4) is 0 Å². The van der Waals surface area contributed by atoms with E-state index in [1.165, 1.54) is 6.07 Å². The standard InChI is InChI=1S/C16H24F3N3O/c1-6-21-14(20-5)22-10-11-7-8-12(23-15(2,3)4)9-13(11)16(17,18)19/h7-9H,6,10H2,1-5H3,(H2,20,21,22). The van der Waals surface area contributed by atoms with Gasteiger partial charge in [0.2, 0.25) is 0 Å². The molecule has 0 saturated carbocycles. The Morgan fingerprint density at radius 2 is 1.83 bits per heavy atom. The van der Waals surface area contributed by atoms with Crippen molar-refractivity contribution in [3.8, 4) is 5.75 Å². The minimum atomic E-state index is -4.45.